The van der Waals surface area contributed by atoms with Crippen molar-refractivity contribution in [1.29, 1.82) is 0 Å². The molecule has 216 valence electrons. The fourth-order valence-electron chi connectivity index (χ4n) is 4.92. The van der Waals surface area contributed by atoms with Crippen LogP contribution in [0.2, 0.25) is 5.02 Å². The Balaban J connectivity index is 1.32. The van der Waals surface area contributed by atoms with Gasteiger partial charge in [-0.25, -0.2) is 9.19 Å². The minimum absolute atomic E-state index is 0.177. The molecule has 5 heterocycles. The van der Waals surface area contributed by atoms with Gasteiger partial charge in [0.25, 0.3) is 0 Å². The fourth-order valence-corrected chi connectivity index (χ4v) is 6.43. The summed E-state index contributed by atoms with van der Waals surface area (Å²) in [7, 11) is -2.64. The molecule has 6 rings (SSSR count). The summed E-state index contributed by atoms with van der Waals surface area (Å²) in [6.07, 6.45) is 3.72. The number of ether oxygens (including phenoxy) is 4. The van der Waals surface area contributed by atoms with E-state index in [4.69, 9.17) is 35.5 Å². The first-order valence-electron chi connectivity index (χ1n) is 13.3. The standard InChI is InChI=1S/C28H30ClN5O6S/c1-3-12-37-16-34-27-21(31-28(34)40-23-15-39-25-22(35)14-38-26(23)25)13-20(29)24(32-27)17-4-6-18(7-5-17)33-41(2,36)19-8-10-30-11-9-19/h4-11,13,22-23,25-26,35H,3,12,14-16H2,1-2H3/t22?,23-,25-,26-,41?/m1/s1. The van der Waals surface area contributed by atoms with E-state index < -0.39 is 28.0 Å². The third-order valence-corrected chi connectivity index (χ3v) is 8.95. The fraction of sp³-hybridized carbons (Fsp3) is 0.393. The lowest BCUT2D eigenvalue weighted by atomic mass is 10.1. The number of aromatic nitrogens is 4. The number of aliphatic hydroxyl groups excluding tert-OH is 1. The van der Waals surface area contributed by atoms with E-state index in [1.165, 1.54) is 0 Å². The number of nitrogens with zero attached hydrogens (tertiary/aromatic N) is 5. The van der Waals surface area contributed by atoms with Crippen LogP contribution in [0.3, 0.4) is 0 Å². The van der Waals surface area contributed by atoms with Crippen LogP contribution in [0.25, 0.3) is 22.4 Å². The molecule has 3 aromatic heterocycles. The highest BCUT2D eigenvalue weighted by Gasteiger charge is 2.49. The Morgan fingerprint density at radius 2 is 1.88 bits per heavy atom. The van der Waals surface area contributed by atoms with Gasteiger partial charge in [-0.15, -0.1) is 0 Å². The van der Waals surface area contributed by atoms with Crippen molar-refractivity contribution >= 4 is 38.2 Å². The van der Waals surface area contributed by atoms with E-state index in [0.717, 1.165) is 12.0 Å². The first-order valence-corrected chi connectivity index (χ1v) is 15.6. The Labute approximate surface area is 242 Å². The van der Waals surface area contributed by atoms with Crippen molar-refractivity contribution in [2.24, 2.45) is 4.36 Å². The number of halogens is 1. The average Bonchev–Trinajstić information content (AvgIpc) is 3.64. The highest BCUT2D eigenvalue weighted by molar-refractivity contribution is 7.93. The van der Waals surface area contributed by atoms with Gasteiger partial charge in [0.1, 0.15) is 30.6 Å². The third kappa shape index (κ3) is 5.68. The number of hydrogen-bond acceptors (Lipinski definition) is 10. The van der Waals surface area contributed by atoms with Crippen LogP contribution in [-0.4, -0.2) is 79.3 Å². The molecule has 4 aromatic rings. The molecule has 2 aliphatic heterocycles. The second-order valence-corrected chi connectivity index (χ2v) is 12.6. The van der Waals surface area contributed by atoms with E-state index in [2.05, 4.69) is 14.3 Å². The van der Waals surface area contributed by atoms with Crippen molar-refractivity contribution in [1.82, 2.24) is 19.5 Å². The Kier molecular flexibility index (Phi) is 7.94. The van der Waals surface area contributed by atoms with E-state index >= 15 is 0 Å². The molecule has 0 spiro atoms. The van der Waals surface area contributed by atoms with Gasteiger partial charge in [-0.05, 0) is 36.8 Å². The van der Waals surface area contributed by atoms with Crippen molar-refractivity contribution in [2.75, 3.05) is 26.1 Å². The molecule has 0 radical (unpaired) electrons. The average molecular weight is 600 g/mol. The van der Waals surface area contributed by atoms with Crippen LogP contribution in [0.5, 0.6) is 6.01 Å². The molecule has 0 amide bonds. The second-order valence-electron chi connectivity index (χ2n) is 9.96. The van der Waals surface area contributed by atoms with Gasteiger partial charge in [0.2, 0.25) is 0 Å². The van der Waals surface area contributed by atoms with Gasteiger partial charge < -0.3 is 24.1 Å². The lowest BCUT2D eigenvalue weighted by Gasteiger charge is -2.18. The summed E-state index contributed by atoms with van der Waals surface area (Å²) in [5.41, 5.74) is 2.97. The van der Waals surface area contributed by atoms with Gasteiger partial charge >= 0.3 is 6.01 Å². The summed E-state index contributed by atoms with van der Waals surface area (Å²) in [5.74, 6) is 0. The quantitative estimate of drug-likeness (QED) is 0.281. The minimum Gasteiger partial charge on any atom is -0.456 e. The summed E-state index contributed by atoms with van der Waals surface area (Å²) >= 11 is 6.68. The Morgan fingerprint density at radius 1 is 1.12 bits per heavy atom. The predicted molar refractivity (Wildman–Crippen MR) is 153 cm³/mol. The van der Waals surface area contributed by atoms with Crippen LogP contribution in [0.15, 0.2) is 64.1 Å². The van der Waals surface area contributed by atoms with Crippen LogP contribution in [0.1, 0.15) is 13.3 Å². The maximum Gasteiger partial charge on any atom is 0.301 e. The zero-order valence-corrected chi connectivity index (χ0v) is 24.1. The predicted octanol–water partition coefficient (Wildman–Crippen LogP) is 4.23. The number of fused-ring (bicyclic) bond motifs is 2. The Morgan fingerprint density at radius 3 is 2.63 bits per heavy atom. The summed E-state index contributed by atoms with van der Waals surface area (Å²) in [6.45, 7) is 3.24. The lowest BCUT2D eigenvalue weighted by molar-refractivity contribution is 0.00302. The number of rotatable bonds is 9. The van der Waals surface area contributed by atoms with E-state index in [0.29, 0.717) is 45.1 Å². The second kappa shape index (κ2) is 11.6. The van der Waals surface area contributed by atoms with Gasteiger partial charge in [0.05, 0.1) is 44.2 Å². The van der Waals surface area contributed by atoms with E-state index in [-0.39, 0.29) is 26.0 Å². The number of benzene rings is 1. The third-order valence-electron chi connectivity index (χ3n) is 6.95. The smallest absolute Gasteiger partial charge is 0.301 e. The molecule has 2 unspecified atom stereocenters. The molecule has 1 N–H and O–H groups in total. The van der Waals surface area contributed by atoms with Crippen LogP contribution < -0.4 is 4.74 Å². The largest absolute Gasteiger partial charge is 0.456 e. The Bertz CT molecular complexity index is 1660. The van der Waals surface area contributed by atoms with Crippen molar-refractivity contribution < 1.29 is 28.3 Å². The Hall–Kier alpha value is -3.13. The summed E-state index contributed by atoms with van der Waals surface area (Å²) < 4.78 is 42.9. The van der Waals surface area contributed by atoms with Gasteiger partial charge in [-0.3, -0.25) is 9.55 Å². The van der Waals surface area contributed by atoms with Crippen molar-refractivity contribution in [3.63, 3.8) is 0 Å². The van der Waals surface area contributed by atoms with Crippen molar-refractivity contribution in [3.05, 3.63) is 59.9 Å². The van der Waals surface area contributed by atoms with Crippen LogP contribution in [-0.2, 0) is 30.7 Å². The van der Waals surface area contributed by atoms with E-state index in [1.54, 1.807) is 53.5 Å². The molecule has 2 saturated heterocycles. The van der Waals surface area contributed by atoms with Crippen LogP contribution >= 0.6 is 11.6 Å². The molecule has 0 aliphatic carbocycles. The highest BCUT2D eigenvalue weighted by atomic mass is 35.5. The summed E-state index contributed by atoms with van der Waals surface area (Å²) in [4.78, 5) is 14.1. The molecular formula is C28H30ClN5O6S. The first kappa shape index (κ1) is 28.0. The van der Waals surface area contributed by atoms with Gasteiger partial charge in [0.15, 0.2) is 11.8 Å². The highest BCUT2D eigenvalue weighted by Crippen LogP contribution is 2.34. The normalized spacial score (nSPS) is 23.4. The molecule has 13 heteroatoms. The van der Waals surface area contributed by atoms with Crippen molar-refractivity contribution in [3.8, 4) is 17.3 Å². The maximum absolute atomic E-state index is 13.2. The number of pyridine rings is 2. The SMILES string of the molecule is CCCOCn1c(O[C@@H]2CO[C@@H]3C(O)CO[C@@H]32)nc2cc(Cl)c(-c3ccc(N=S(C)(=O)c4ccncc4)cc3)nc21. The monoisotopic (exact) mass is 599 g/mol. The van der Waals surface area contributed by atoms with Crippen LogP contribution in [0, 0.1) is 0 Å². The molecule has 1 aromatic carbocycles. The molecule has 11 nitrogen and oxygen atoms in total. The molecule has 0 bridgehead atoms. The minimum atomic E-state index is -2.64. The van der Waals surface area contributed by atoms with Gasteiger partial charge in [-0.1, -0.05) is 30.7 Å². The topological polar surface area (TPSA) is 130 Å². The number of aliphatic hydroxyl groups is 1. The number of hydrogen-bond donors (Lipinski definition) is 1. The maximum atomic E-state index is 13.2. The van der Waals surface area contributed by atoms with Gasteiger partial charge in [-0.2, -0.15) is 9.35 Å². The first-order chi connectivity index (χ1) is 19.8. The molecule has 5 atom stereocenters. The lowest BCUT2D eigenvalue weighted by Crippen LogP contribution is -2.35. The zero-order valence-electron chi connectivity index (χ0n) is 22.6. The van der Waals surface area contributed by atoms with Crippen LogP contribution in [0.4, 0.5) is 5.69 Å². The summed E-state index contributed by atoms with van der Waals surface area (Å²) in [5, 5.41) is 10.5. The molecule has 41 heavy (non-hydrogen) atoms. The zero-order chi connectivity index (χ0) is 28.6. The number of imidazole rings is 1. The van der Waals surface area contributed by atoms with Gasteiger partial charge in [0, 0.05) is 30.8 Å². The van der Waals surface area contributed by atoms with E-state index in [1.807, 2.05) is 19.1 Å². The van der Waals surface area contributed by atoms with E-state index in [9.17, 15) is 9.32 Å². The molecule has 0 saturated carbocycles. The molecule has 2 fully saturated rings. The summed E-state index contributed by atoms with van der Waals surface area (Å²) in [6, 6.07) is 12.7. The molecule has 2 aliphatic rings. The van der Waals surface area contributed by atoms with Crippen molar-refractivity contribution in [2.45, 2.75) is 49.4 Å². The molecular weight excluding hydrogens is 570 g/mol.